The van der Waals surface area contributed by atoms with Crippen molar-refractivity contribution in [2.24, 2.45) is 17.6 Å². The number of amides is 2. The summed E-state index contributed by atoms with van der Waals surface area (Å²) in [5.74, 6) is 0.439. The van der Waals surface area contributed by atoms with Crippen molar-refractivity contribution in [2.75, 3.05) is 44.2 Å². The number of carbonyl (C=O) groups excluding carboxylic acids is 2. The highest BCUT2D eigenvalue weighted by Crippen LogP contribution is 2.24. The number of nitrogens with zero attached hydrogens (tertiary/aromatic N) is 2. The second-order valence-electron chi connectivity index (χ2n) is 7.70. The van der Waals surface area contributed by atoms with Gasteiger partial charge in [-0.1, -0.05) is 17.7 Å². The quantitative estimate of drug-likeness (QED) is 0.799. The van der Waals surface area contributed by atoms with Gasteiger partial charge in [0.25, 0.3) is 0 Å². The maximum absolute atomic E-state index is 12.4. The molecular weight excluding hydrogens is 328 g/mol. The lowest BCUT2D eigenvalue weighted by Gasteiger charge is -2.30. The molecule has 0 bridgehead atoms. The minimum absolute atomic E-state index is 0.0636. The van der Waals surface area contributed by atoms with Crippen LogP contribution in [0.4, 0.5) is 5.69 Å². The Morgan fingerprint density at radius 2 is 1.81 bits per heavy atom. The van der Waals surface area contributed by atoms with Crippen LogP contribution >= 0.6 is 0 Å². The van der Waals surface area contributed by atoms with Crippen molar-refractivity contribution < 1.29 is 9.59 Å². The molecule has 1 aromatic rings. The molecule has 3 rings (SSSR count). The zero-order valence-electron chi connectivity index (χ0n) is 15.6. The molecular formula is C20H30N4O2. The second kappa shape index (κ2) is 8.54. The van der Waals surface area contributed by atoms with Gasteiger partial charge in [0, 0.05) is 31.2 Å². The van der Waals surface area contributed by atoms with E-state index in [1.54, 1.807) is 0 Å². The Balaban J connectivity index is 1.39. The first-order valence-corrected chi connectivity index (χ1v) is 9.61. The van der Waals surface area contributed by atoms with Crippen LogP contribution in [0, 0.1) is 18.8 Å². The van der Waals surface area contributed by atoms with Gasteiger partial charge in [0.1, 0.15) is 0 Å². The summed E-state index contributed by atoms with van der Waals surface area (Å²) < 4.78 is 0. The summed E-state index contributed by atoms with van der Waals surface area (Å²) in [5, 5.41) is 3.16. The third kappa shape index (κ3) is 4.97. The number of benzene rings is 1. The molecule has 0 saturated carbocycles. The number of nitrogens with one attached hydrogen (secondary N) is 1. The van der Waals surface area contributed by atoms with Gasteiger partial charge in [-0.15, -0.1) is 0 Å². The largest absolute Gasteiger partial charge is 0.371 e. The fourth-order valence-electron chi connectivity index (χ4n) is 3.95. The predicted octanol–water partition coefficient (Wildman–Crippen LogP) is 1.13. The van der Waals surface area contributed by atoms with Crippen LogP contribution < -0.4 is 16.0 Å². The molecule has 6 heteroatoms. The number of aryl methyl sites for hydroxylation is 1. The maximum atomic E-state index is 12.4. The van der Waals surface area contributed by atoms with Crippen LogP contribution in [0.2, 0.25) is 0 Å². The van der Waals surface area contributed by atoms with Gasteiger partial charge < -0.3 is 16.0 Å². The lowest BCUT2D eigenvalue weighted by atomic mass is 9.95. The van der Waals surface area contributed by atoms with Crippen LogP contribution in [0.15, 0.2) is 24.3 Å². The van der Waals surface area contributed by atoms with Crippen molar-refractivity contribution >= 4 is 17.5 Å². The van der Waals surface area contributed by atoms with E-state index < -0.39 is 0 Å². The van der Waals surface area contributed by atoms with E-state index >= 15 is 0 Å². The molecule has 0 radical (unpaired) electrons. The van der Waals surface area contributed by atoms with Gasteiger partial charge in [-0.05, 0) is 57.3 Å². The summed E-state index contributed by atoms with van der Waals surface area (Å²) in [6.45, 7) is 6.74. The van der Waals surface area contributed by atoms with Gasteiger partial charge >= 0.3 is 0 Å². The summed E-state index contributed by atoms with van der Waals surface area (Å²) in [5.41, 5.74) is 7.78. The third-order valence-corrected chi connectivity index (χ3v) is 5.59. The first-order chi connectivity index (χ1) is 12.5. The topological polar surface area (TPSA) is 78.7 Å². The standard InChI is InChI=1S/C20H30N4O2/c1-15-2-4-18(5-3-15)24-11-6-16(13-24)12-22-20(26)17-7-9-23(10-8-17)14-19(21)25/h2-5,16-17H,6-14H2,1H3,(H2,21,25)(H,22,26)/t16-/m1/s1. The van der Waals surface area contributed by atoms with E-state index in [0.29, 0.717) is 12.5 Å². The molecule has 1 aromatic carbocycles. The van der Waals surface area contributed by atoms with E-state index in [4.69, 9.17) is 5.73 Å². The van der Waals surface area contributed by atoms with Gasteiger partial charge in [0.05, 0.1) is 6.54 Å². The van der Waals surface area contributed by atoms with Crippen molar-refractivity contribution in [1.29, 1.82) is 0 Å². The third-order valence-electron chi connectivity index (χ3n) is 5.59. The molecule has 2 fully saturated rings. The summed E-state index contributed by atoms with van der Waals surface area (Å²) in [6.07, 6.45) is 2.73. The van der Waals surface area contributed by atoms with Gasteiger partial charge in [-0.2, -0.15) is 0 Å². The first kappa shape index (κ1) is 18.7. The van der Waals surface area contributed by atoms with Crippen LogP contribution in [0.25, 0.3) is 0 Å². The van der Waals surface area contributed by atoms with Crippen molar-refractivity contribution in [3.63, 3.8) is 0 Å². The van der Waals surface area contributed by atoms with Crippen molar-refractivity contribution in [1.82, 2.24) is 10.2 Å². The highest BCUT2D eigenvalue weighted by Gasteiger charge is 2.27. The molecule has 6 nitrogen and oxygen atoms in total. The molecule has 1 atom stereocenters. The number of hydrogen-bond acceptors (Lipinski definition) is 4. The summed E-state index contributed by atoms with van der Waals surface area (Å²) in [7, 11) is 0. The predicted molar refractivity (Wildman–Crippen MR) is 103 cm³/mol. The zero-order chi connectivity index (χ0) is 18.5. The molecule has 0 spiro atoms. The number of carbonyl (C=O) groups is 2. The highest BCUT2D eigenvalue weighted by molar-refractivity contribution is 5.79. The van der Waals surface area contributed by atoms with Gasteiger partial charge in [-0.25, -0.2) is 0 Å². The van der Waals surface area contributed by atoms with E-state index in [1.165, 1.54) is 11.3 Å². The van der Waals surface area contributed by atoms with Crippen LogP contribution in [-0.2, 0) is 9.59 Å². The maximum Gasteiger partial charge on any atom is 0.231 e. The van der Waals surface area contributed by atoms with Gasteiger partial charge in [-0.3, -0.25) is 14.5 Å². The Hall–Kier alpha value is -2.08. The van der Waals surface area contributed by atoms with E-state index in [0.717, 1.165) is 52.0 Å². The lowest BCUT2D eigenvalue weighted by molar-refractivity contribution is -0.126. The summed E-state index contributed by atoms with van der Waals surface area (Å²) in [6, 6.07) is 8.65. The second-order valence-corrected chi connectivity index (χ2v) is 7.70. The fourth-order valence-corrected chi connectivity index (χ4v) is 3.95. The molecule has 142 valence electrons. The van der Waals surface area contributed by atoms with Crippen molar-refractivity contribution in [3.05, 3.63) is 29.8 Å². The van der Waals surface area contributed by atoms with Crippen LogP contribution in [0.5, 0.6) is 0 Å². The molecule has 2 aliphatic rings. The highest BCUT2D eigenvalue weighted by atomic mass is 16.2. The number of piperidine rings is 1. The average Bonchev–Trinajstić information content (AvgIpc) is 3.09. The van der Waals surface area contributed by atoms with E-state index in [2.05, 4.69) is 41.4 Å². The molecule has 0 unspecified atom stereocenters. The molecule has 2 amide bonds. The molecule has 0 aliphatic carbocycles. The van der Waals surface area contributed by atoms with Gasteiger partial charge in [0.15, 0.2) is 0 Å². The van der Waals surface area contributed by atoms with Crippen LogP contribution in [0.3, 0.4) is 0 Å². The Bertz CT molecular complexity index is 623. The molecule has 2 aliphatic heterocycles. The number of likely N-dealkylation sites (tertiary alicyclic amines) is 1. The Labute approximate surface area is 155 Å². The Morgan fingerprint density at radius 3 is 2.46 bits per heavy atom. The van der Waals surface area contributed by atoms with Crippen molar-refractivity contribution in [2.45, 2.75) is 26.2 Å². The van der Waals surface area contributed by atoms with E-state index in [1.807, 2.05) is 4.90 Å². The lowest BCUT2D eigenvalue weighted by Crippen LogP contribution is -2.44. The average molecular weight is 358 g/mol. The zero-order valence-corrected chi connectivity index (χ0v) is 15.6. The smallest absolute Gasteiger partial charge is 0.231 e. The monoisotopic (exact) mass is 358 g/mol. The number of primary amides is 1. The molecule has 0 aromatic heterocycles. The number of hydrogen-bond donors (Lipinski definition) is 2. The number of rotatable bonds is 6. The van der Waals surface area contributed by atoms with E-state index in [9.17, 15) is 9.59 Å². The summed E-state index contributed by atoms with van der Waals surface area (Å²) in [4.78, 5) is 27.8. The van der Waals surface area contributed by atoms with Crippen molar-refractivity contribution in [3.8, 4) is 0 Å². The Morgan fingerprint density at radius 1 is 1.12 bits per heavy atom. The molecule has 2 heterocycles. The summed E-state index contributed by atoms with van der Waals surface area (Å²) >= 11 is 0. The number of nitrogens with two attached hydrogens (primary N) is 1. The van der Waals surface area contributed by atoms with Gasteiger partial charge in [0.2, 0.25) is 11.8 Å². The fraction of sp³-hybridized carbons (Fsp3) is 0.600. The normalized spacial score (nSPS) is 21.7. The van der Waals surface area contributed by atoms with Crippen LogP contribution in [-0.4, -0.2) is 56.0 Å². The Kier molecular flexibility index (Phi) is 6.14. The van der Waals surface area contributed by atoms with Crippen LogP contribution in [0.1, 0.15) is 24.8 Å². The minimum atomic E-state index is -0.299. The van der Waals surface area contributed by atoms with E-state index in [-0.39, 0.29) is 17.7 Å². The first-order valence-electron chi connectivity index (χ1n) is 9.61. The minimum Gasteiger partial charge on any atom is -0.371 e. The number of anilines is 1. The molecule has 3 N–H and O–H groups in total. The molecule has 2 saturated heterocycles. The SMILES string of the molecule is Cc1ccc(N2CC[C@H](CNC(=O)C3CCN(CC(N)=O)CC3)C2)cc1. The molecule has 26 heavy (non-hydrogen) atoms.